The standard InChI is InChI=1S/C25H32N2O/c1-7-13-27(14-8-2)25-19(5)26-24(21-11-9-10-12-22(21)25)23-17(3)15-20(28-6)16-18(23)4/h9-12,15-16H,7-8,13-14H2,1-6H3. The molecule has 0 saturated carbocycles. The number of methoxy groups -OCH3 is 1. The van der Waals surface area contributed by atoms with Gasteiger partial charge in [-0.3, -0.25) is 4.98 Å². The second kappa shape index (κ2) is 8.64. The number of pyridine rings is 1. The number of aromatic nitrogens is 1. The van der Waals surface area contributed by atoms with Gasteiger partial charge < -0.3 is 9.64 Å². The normalized spacial score (nSPS) is 11.1. The van der Waals surface area contributed by atoms with Crippen LogP contribution in [-0.2, 0) is 0 Å². The van der Waals surface area contributed by atoms with E-state index in [0.29, 0.717) is 0 Å². The van der Waals surface area contributed by atoms with E-state index >= 15 is 0 Å². The highest BCUT2D eigenvalue weighted by molar-refractivity contribution is 6.03. The van der Waals surface area contributed by atoms with Gasteiger partial charge in [0.25, 0.3) is 0 Å². The number of hydrogen-bond donors (Lipinski definition) is 0. The predicted molar refractivity (Wildman–Crippen MR) is 121 cm³/mol. The molecule has 1 aromatic heterocycles. The summed E-state index contributed by atoms with van der Waals surface area (Å²) in [5.41, 5.74) is 7.06. The second-order valence-electron chi connectivity index (χ2n) is 7.56. The molecule has 3 nitrogen and oxygen atoms in total. The molecule has 1 heterocycles. The van der Waals surface area contributed by atoms with E-state index in [1.54, 1.807) is 7.11 Å². The molecule has 0 aliphatic carbocycles. The van der Waals surface area contributed by atoms with Gasteiger partial charge in [0.1, 0.15) is 5.75 Å². The smallest absolute Gasteiger partial charge is 0.119 e. The van der Waals surface area contributed by atoms with E-state index in [0.717, 1.165) is 43.1 Å². The minimum absolute atomic E-state index is 0.897. The zero-order valence-corrected chi connectivity index (χ0v) is 18.1. The van der Waals surface area contributed by atoms with E-state index in [2.05, 4.69) is 75.9 Å². The molecular formula is C25H32N2O. The molecular weight excluding hydrogens is 344 g/mol. The van der Waals surface area contributed by atoms with Crippen molar-refractivity contribution in [3.63, 3.8) is 0 Å². The number of aryl methyl sites for hydroxylation is 3. The van der Waals surface area contributed by atoms with Crippen LogP contribution in [0.25, 0.3) is 22.0 Å². The largest absolute Gasteiger partial charge is 0.497 e. The number of nitrogens with zero attached hydrogens (tertiary/aromatic N) is 2. The SMILES string of the molecule is CCCN(CCC)c1c(C)nc(-c2c(C)cc(OC)cc2C)c2ccccc12. The molecule has 0 fully saturated rings. The first-order chi connectivity index (χ1) is 13.5. The number of fused-ring (bicyclic) bond motifs is 1. The average molecular weight is 377 g/mol. The van der Waals surface area contributed by atoms with Crippen LogP contribution in [0.2, 0.25) is 0 Å². The van der Waals surface area contributed by atoms with Gasteiger partial charge in [0, 0.05) is 29.4 Å². The van der Waals surface area contributed by atoms with Crippen LogP contribution in [0.1, 0.15) is 43.5 Å². The van der Waals surface area contributed by atoms with Crippen molar-refractivity contribution in [1.29, 1.82) is 0 Å². The predicted octanol–water partition coefficient (Wildman–Crippen LogP) is 6.46. The third kappa shape index (κ3) is 3.71. The highest BCUT2D eigenvalue weighted by Gasteiger charge is 2.19. The fourth-order valence-electron chi connectivity index (χ4n) is 4.25. The minimum Gasteiger partial charge on any atom is -0.497 e. The van der Waals surface area contributed by atoms with E-state index in [1.165, 1.54) is 33.2 Å². The van der Waals surface area contributed by atoms with E-state index < -0.39 is 0 Å². The Morgan fingerprint density at radius 3 is 2.00 bits per heavy atom. The Balaban J connectivity index is 2.30. The van der Waals surface area contributed by atoms with Crippen molar-refractivity contribution >= 4 is 16.5 Å². The van der Waals surface area contributed by atoms with Crippen molar-refractivity contribution in [3.8, 4) is 17.0 Å². The fourth-order valence-corrected chi connectivity index (χ4v) is 4.25. The molecule has 0 aliphatic heterocycles. The van der Waals surface area contributed by atoms with Crippen LogP contribution in [0, 0.1) is 20.8 Å². The molecule has 2 aromatic carbocycles. The maximum Gasteiger partial charge on any atom is 0.119 e. The van der Waals surface area contributed by atoms with Crippen LogP contribution >= 0.6 is 0 Å². The van der Waals surface area contributed by atoms with Crippen molar-refractivity contribution in [2.45, 2.75) is 47.5 Å². The highest BCUT2D eigenvalue weighted by Crippen LogP contribution is 2.39. The van der Waals surface area contributed by atoms with Crippen molar-refractivity contribution < 1.29 is 4.74 Å². The van der Waals surface area contributed by atoms with Gasteiger partial charge in [0.05, 0.1) is 24.2 Å². The van der Waals surface area contributed by atoms with Crippen LogP contribution in [0.3, 0.4) is 0 Å². The first kappa shape index (κ1) is 20.2. The third-order valence-electron chi connectivity index (χ3n) is 5.34. The topological polar surface area (TPSA) is 25.4 Å². The van der Waals surface area contributed by atoms with Crippen molar-refractivity contribution in [2.75, 3.05) is 25.1 Å². The lowest BCUT2D eigenvalue weighted by Gasteiger charge is -2.28. The Kier molecular flexibility index (Phi) is 6.23. The average Bonchev–Trinajstić information content (AvgIpc) is 2.67. The van der Waals surface area contributed by atoms with Crippen LogP contribution in [0.15, 0.2) is 36.4 Å². The summed E-state index contributed by atoms with van der Waals surface area (Å²) in [5.74, 6) is 0.897. The molecule has 3 rings (SSSR count). The Morgan fingerprint density at radius 2 is 1.46 bits per heavy atom. The van der Waals surface area contributed by atoms with Gasteiger partial charge >= 0.3 is 0 Å². The summed E-state index contributed by atoms with van der Waals surface area (Å²) in [6, 6.07) is 12.9. The maximum absolute atomic E-state index is 5.46. The van der Waals surface area contributed by atoms with Crippen LogP contribution in [0.5, 0.6) is 5.75 Å². The Hall–Kier alpha value is -2.55. The van der Waals surface area contributed by atoms with E-state index in [-0.39, 0.29) is 0 Å². The van der Waals surface area contributed by atoms with Crippen molar-refractivity contribution in [3.05, 3.63) is 53.2 Å². The van der Waals surface area contributed by atoms with Crippen molar-refractivity contribution in [1.82, 2.24) is 4.98 Å². The molecule has 0 amide bonds. The molecule has 3 aromatic rings. The van der Waals surface area contributed by atoms with E-state index in [1.807, 2.05) is 0 Å². The van der Waals surface area contributed by atoms with Crippen LogP contribution in [0.4, 0.5) is 5.69 Å². The third-order valence-corrected chi connectivity index (χ3v) is 5.34. The quantitative estimate of drug-likeness (QED) is 0.473. The van der Waals surface area contributed by atoms with Gasteiger partial charge in [-0.25, -0.2) is 0 Å². The lowest BCUT2D eigenvalue weighted by Crippen LogP contribution is -2.26. The molecule has 0 N–H and O–H groups in total. The summed E-state index contributed by atoms with van der Waals surface area (Å²) < 4.78 is 5.46. The van der Waals surface area contributed by atoms with E-state index in [9.17, 15) is 0 Å². The van der Waals surface area contributed by atoms with Crippen LogP contribution < -0.4 is 9.64 Å². The van der Waals surface area contributed by atoms with Gasteiger partial charge in [-0.1, -0.05) is 38.1 Å². The molecule has 0 atom stereocenters. The maximum atomic E-state index is 5.46. The lowest BCUT2D eigenvalue weighted by molar-refractivity contribution is 0.414. The lowest BCUT2D eigenvalue weighted by atomic mass is 9.94. The summed E-state index contributed by atoms with van der Waals surface area (Å²) in [5, 5.41) is 2.51. The Bertz CT molecular complexity index is 949. The van der Waals surface area contributed by atoms with Crippen LogP contribution in [-0.4, -0.2) is 25.2 Å². The number of benzene rings is 2. The zero-order chi connectivity index (χ0) is 20.3. The summed E-state index contributed by atoms with van der Waals surface area (Å²) in [4.78, 5) is 7.65. The minimum atomic E-state index is 0.897. The van der Waals surface area contributed by atoms with Gasteiger partial charge in [-0.2, -0.15) is 0 Å². The van der Waals surface area contributed by atoms with Gasteiger partial charge in [-0.05, 0) is 56.9 Å². The first-order valence-electron chi connectivity index (χ1n) is 10.3. The van der Waals surface area contributed by atoms with Gasteiger partial charge in [-0.15, -0.1) is 0 Å². The Labute approximate surface area is 169 Å². The van der Waals surface area contributed by atoms with E-state index in [4.69, 9.17) is 9.72 Å². The second-order valence-corrected chi connectivity index (χ2v) is 7.56. The van der Waals surface area contributed by atoms with Gasteiger partial charge in [0.15, 0.2) is 0 Å². The molecule has 0 aliphatic rings. The Morgan fingerprint density at radius 1 is 0.893 bits per heavy atom. The molecule has 148 valence electrons. The molecule has 28 heavy (non-hydrogen) atoms. The summed E-state index contributed by atoms with van der Waals surface area (Å²) in [6.45, 7) is 13.0. The number of hydrogen-bond acceptors (Lipinski definition) is 3. The molecule has 0 saturated heterocycles. The van der Waals surface area contributed by atoms with Gasteiger partial charge in [0.2, 0.25) is 0 Å². The molecule has 3 heteroatoms. The monoisotopic (exact) mass is 376 g/mol. The molecule has 0 bridgehead atoms. The number of rotatable bonds is 7. The number of ether oxygens (including phenoxy) is 1. The van der Waals surface area contributed by atoms with Crippen molar-refractivity contribution in [2.24, 2.45) is 0 Å². The molecule has 0 spiro atoms. The zero-order valence-electron chi connectivity index (χ0n) is 18.1. The molecule has 0 radical (unpaired) electrons. The summed E-state index contributed by atoms with van der Waals surface area (Å²) in [7, 11) is 1.72. The summed E-state index contributed by atoms with van der Waals surface area (Å²) >= 11 is 0. The highest BCUT2D eigenvalue weighted by atomic mass is 16.5. The fraction of sp³-hybridized carbons (Fsp3) is 0.400. The first-order valence-corrected chi connectivity index (χ1v) is 10.3. The summed E-state index contributed by atoms with van der Waals surface area (Å²) in [6.07, 6.45) is 2.26. The number of anilines is 1. The molecule has 0 unspecified atom stereocenters.